The molecule has 8 N–H and O–H groups in total. The number of hydrogen-bond acceptors (Lipinski definition) is 3. The zero-order valence-corrected chi connectivity index (χ0v) is 9.26. The maximum absolute atomic E-state index is 7.28. The van der Waals surface area contributed by atoms with Gasteiger partial charge >= 0.3 is 5.84 Å². The molecular weight excluding hydrogens is 180 g/mol. The summed E-state index contributed by atoms with van der Waals surface area (Å²) in [6.45, 7) is 7.03. The zero-order chi connectivity index (χ0) is 11.6. The summed E-state index contributed by atoms with van der Waals surface area (Å²) in [6.07, 6.45) is 0. The maximum Gasteiger partial charge on any atom is 0.359 e. The Hall–Kier alpha value is -1.30. The monoisotopic (exact) mass is 200 g/mol. The molecule has 0 saturated carbocycles. The maximum atomic E-state index is 7.28. The van der Waals surface area contributed by atoms with Gasteiger partial charge in [0.2, 0.25) is 5.54 Å². The van der Waals surface area contributed by atoms with Crippen molar-refractivity contribution < 1.29 is 11.1 Å². The molecule has 14 heavy (non-hydrogen) atoms. The summed E-state index contributed by atoms with van der Waals surface area (Å²) in [7, 11) is 0. The summed E-state index contributed by atoms with van der Waals surface area (Å²) in [4.78, 5) is 0. The minimum atomic E-state index is -0.785. The molecule has 0 spiro atoms. The van der Waals surface area contributed by atoms with Crippen molar-refractivity contribution in [2.45, 2.75) is 38.8 Å². The Morgan fingerprint density at radius 2 is 1.57 bits per heavy atom. The van der Waals surface area contributed by atoms with Gasteiger partial charge in [-0.2, -0.15) is 10.2 Å². The van der Waals surface area contributed by atoms with Crippen LogP contribution in [0.3, 0.4) is 0 Å². The van der Waals surface area contributed by atoms with Crippen LogP contribution in [0.5, 0.6) is 0 Å². The number of nitrogens with two attached hydrogens (primary N) is 2. The minimum absolute atomic E-state index is 0.0281. The number of amidine groups is 2. The van der Waals surface area contributed by atoms with E-state index in [2.05, 4.69) is 16.0 Å². The number of nitrogens with zero attached hydrogens (tertiary/aromatic N) is 2. The number of hydrogen-bond donors (Lipinski definition) is 4. The molecule has 0 rings (SSSR count). The van der Waals surface area contributed by atoms with E-state index in [1.54, 1.807) is 27.7 Å². The average molecular weight is 200 g/mol. The van der Waals surface area contributed by atoms with Gasteiger partial charge in [-0.3, -0.25) is 11.1 Å². The first-order valence-corrected chi connectivity index (χ1v) is 4.33. The Morgan fingerprint density at radius 3 is 1.86 bits per heavy atom. The fourth-order valence-corrected chi connectivity index (χ4v) is 0.368. The van der Waals surface area contributed by atoms with Gasteiger partial charge in [0.25, 0.3) is 0 Å². The Morgan fingerprint density at radius 1 is 1.21 bits per heavy atom. The predicted octanol–water partition coefficient (Wildman–Crippen LogP) is -1.67. The van der Waals surface area contributed by atoms with Gasteiger partial charge in [-0.15, -0.1) is 0 Å². The first kappa shape index (κ1) is 12.7. The third kappa shape index (κ3) is 3.21. The molecule has 0 radical (unpaired) electrons. The van der Waals surface area contributed by atoms with E-state index in [0.717, 1.165) is 0 Å². The van der Waals surface area contributed by atoms with Crippen molar-refractivity contribution in [1.29, 1.82) is 5.41 Å². The van der Waals surface area contributed by atoms with Crippen LogP contribution in [-0.2, 0) is 0 Å². The molecular formula is C8H20N6+2. The Kier molecular flexibility index (Phi) is 3.47. The molecule has 6 nitrogen and oxygen atoms in total. The van der Waals surface area contributed by atoms with E-state index < -0.39 is 11.1 Å². The van der Waals surface area contributed by atoms with Crippen LogP contribution in [0.4, 0.5) is 0 Å². The molecule has 0 aliphatic carbocycles. The molecule has 0 amide bonds. The molecule has 0 aliphatic rings. The number of azo groups is 1. The van der Waals surface area contributed by atoms with Crippen LogP contribution >= 0.6 is 0 Å². The number of quaternary nitrogens is 1. The summed E-state index contributed by atoms with van der Waals surface area (Å²) in [5, 5.41) is 20.8. The topological polar surface area (TPSA) is 128 Å². The van der Waals surface area contributed by atoms with Crippen molar-refractivity contribution in [3.63, 3.8) is 0 Å². The molecule has 0 atom stereocenters. The average Bonchev–Trinajstić information content (AvgIpc) is 2.01. The predicted molar refractivity (Wildman–Crippen MR) is 54.7 cm³/mol. The van der Waals surface area contributed by atoms with Crippen molar-refractivity contribution in [2.24, 2.45) is 16.0 Å². The highest BCUT2D eigenvalue weighted by Crippen LogP contribution is 2.14. The fourth-order valence-electron chi connectivity index (χ4n) is 0.368. The van der Waals surface area contributed by atoms with Crippen LogP contribution in [0.2, 0.25) is 0 Å². The van der Waals surface area contributed by atoms with Gasteiger partial charge in [0.05, 0.1) is 0 Å². The van der Waals surface area contributed by atoms with Crippen molar-refractivity contribution >= 4 is 11.7 Å². The molecule has 0 aromatic heterocycles. The van der Waals surface area contributed by atoms with Gasteiger partial charge in [0.15, 0.2) is 0 Å². The molecule has 6 heteroatoms. The molecule has 0 bridgehead atoms. The molecule has 0 aliphatic heterocycles. The van der Waals surface area contributed by atoms with E-state index in [1.165, 1.54) is 0 Å². The standard InChI is InChI=1S/C8H18N6/c1-7(2,5(9)10)13-14-8(3,4)6(11)12/h1-4H3,(H3,9,10)(H3,11,12)/p+2. The molecule has 80 valence electrons. The van der Waals surface area contributed by atoms with Gasteiger partial charge in [0, 0.05) is 0 Å². The van der Waals surface area contributed by atoms with Crippen LogP contribution in [0.15, 0.2) is 10.2 Å². The fraction of sp³-hybridized carbons (Fsp3) is 0.750. The van der Waals surface area contributed by atoms with Crippen molar-refractivity contribution in [2.75, 3.05) is 0 Å². The highest BCUT2D eigenvalue weighted by molar-refractivity contribution is 5.86. The third-order valence-corrected chi connectivity index (χ3v) is 1.99. The Labute approximate surface area is 83.8 Å². The lowest BCUT2D eigenvalue weighted by Crippen LogP contribution is -2.77. The number of rotatable bonds is 4. The summed E-state index contributed by atoms with van der Waals surface area (Å²) in [5.74, 6) is 0.403. The highest BCUT2D eigenvalue weighted by atomic mass is 15.2. The summed E-state index contributed by atoms with van der Waals surface area (Å²) >= 11 is 0. The van der Waals surface area contributed by atoms with Crippen LogP contribution in [-0.4, -0.2) is 22.7 Å². The third-order valence-electron chi connectivity index (χ3n) is 1.99. The van der Waals surface area contributed by atoms with Gasteiger partial charge < -0.3 is 5.73 Å². The second-order valence-electron chi connectivity index (χ2n) is 4.26. The first-order chi connectivity index (χ1) is 6.09. The lowest BCUT2D eigenvalue weighted by molar-refractivity contribution is -0.311. The van der Waals surface area contributed by atoms with Crippen molar-refractivity contribution in [3.8, 4) is 0 Å². The number of nitrogens with one attached hydrogen (secondary N) is 1. The van der Waals surface area contributed by atoms with E-state index >= 15 is 0 Å². The zero-order valence-electron chi connectivity index (χ0n) is 9.26. The molecule has 0 aromatic carbocycles. The van der Waals surface area contributed by atoms with Gasteiger partial charge in [-0.1, -0.05) is 0 Å². The molecule has 0 aromatic rings. The van der Waals surface area contributed by atoms with Gasteiger partial charge in [0.1, 0.15) is 11.4 Å². The first-order valence-electron chi connectivity index (χ1n) is 4.33. The van der Waals surface area contributed by atoms with Crippen molar-refractivity contribution in [3.05, 3.63) is 0 Å². The largest absolute Gasteiger partial charge is 0.386 e. The van der Waals surface area contributed by atoms with Gasteiger partial charge in [-0.25, -0.2) is 5.41 Å². The van der Waals surface area contributed by atoms with E-state index in [-0.39, 0.29) is 5.84 Å². The molecule has 0 saturated heterocycles. The normalized spacial score (nSPS) is 13.2. The second kappa shape index (κ2) is 3.83. The molecule has 0 unspecified atom stereocenters. The molecule has 0 heterocycles. The van der Waals surface area contributed by atoms with Crippen LogP contribution in [0.1, 0.15) is 27.7 Å². The van der Waals surface area contributed by atoms with Crippen LogP contribution in [0, 0.1) is 5.41 Å². The van der Waals surface area contributed by atoms with Gasteiger partial charge in [-0.05, 0) is 27.7 Å². The summed E-state index contributed by atoms with van der Waals surface area (Å²) in [6, 6.07) is 0. The quantitative estimate of drug-likeness (QED) is 0.241. The van der Waals surface area contributed by atoms with E-state index in [9.17, 15) is 0 Å². The summed E-state index contributed by atoms with van der Waals surface area (Å²) in [5.41, 5.74) is 7.56. The Balaban J connectivity index is 4.76. The van der Waals surface area contributed by atoms with E-state index in [1.807, 2.05) is 0 Å². The highest BCUT2D eigenvalue weighted by Gasteiger charge is 2.31. The van der Waals surface area contributed by atoms with Crippen molar-refractivity contribution in [1.82, 2.24) is 0 Å². The summed E-state index contributed by atoms with van der Waals surface area (Å²) < 4.78 is 0. The van der Waals surface area contributed by atoms with Crippen LogP contribution in [0.25, 0.3) is 0 Å². The smallest absolute Gasteiger partial charge is 0.359 e. The minimum Gasteiger partial charge on any atom is -0.386 e. The van der Waals surface area contributed by atoms with Crippen LogP contribution < -0.4 is 16.9 Å². The van der Waals surface area contributed by atoms with E-state index in [0.29, 0.717) is 5.84 Å². The van der Waals surface area contributed by atoms with E-state index in [4.69, 9.17) is 16.6 Å². The second-order valence-corrected chi connectivity index (χ2v) is 4.26. The SMILES string of the molecule is CC(C)(N=NC(C)(C)C(=[NH2+])[NH3+])C(=N)N. The Bertz CT molecular complexity index is 248. The lowest BCUT2D eigenvalue weighted by atomic mass is 10.1. The lowest BCUT2D eigenvalue weighted by Gasteiger charge is -2.18. The molecule has 0 fully saturated rings.